The fraction of sp³-hybridized carbons (Fsp3) is 0.294. The van der Waals surface area contributed by atoms with Gasteiger partial charge >= 0.3 is 29.8 Å². The van der Waals surface area contributed by atoms with Gasteiger partial charge in [-0.3, -0.25) is 47.9 Å². The van der Waals surface area contributed by atoms with Crippen LogP contribution in [0.15, 0.2) is 196 Å². The van der Waals surface area contributed by atoms with Crippen LogP contribution in [0.2, 0.25) is 10.0 Å². The molecule has 0 spiro atoms. The Labute approximate surface area is 934 Å². The molecule has 0 aromatic heterocycles. The van der Waals surface area contributed by atoms with Crippen LogP contribution in [-0.2, 0) is 110 Å². The van der Waals surface area contributed by atoms with E-state index in [1.165, 1.54) is 12.1 Å². The molecule has 0 radical (unpaired) electrons. The minimum absolute atomic E-state index is 0.0350. The highest BCUT2D eigenvalue weighted by atomic mass is 79.9. The number of carboxylic acid groups (broad SMARTS) is 5. The second-order valence-electron chi connectivity index (χ2n) is 34.0. The van der Waals surface area contributed by atoms with Crippen LogP contribution in [0, 0.1) is 49.3 Å². The summed E-state index contributed by atoms with van der Waals surface area (Å²) in [4.78, 5) is 136. The van der Waals surface area contributed by atoms with Gasteiger partial charge in [0, 0.05) is 98.7 Å². The van der Waals surface area contributed by atoms with Crippen molar-refractivity contribution in [2.24, 2.45) is 29.6 Å². The molecule has 0 fully saturated rings. The Morgan fingerprint density at radius 2 is 0.514 bits per heavy atom. The van der Waals surface area contributed by atoms with Gasteiger partial charge in [-0.2, -0.15) is 0 Å². The summed E-state index contributed by atoms with van der Waals surface area (Å²) < 4.78 is 76.0. The fourth-order valence-electron chi connectivity index (χ4n) is 12.4. The first-order valence-corrected chi connectivity index (χ1v) is 52.8. The predicted molar refractivity (Wildman–Crippen MR) is 590 cm³/mol. The first-order chi connectivity index (χ1) is 68.4. The third-order valence-corrected chi connectivity index (χ3v) is 25.7. The van der Waals surface area contributed by atoms with Gasteiger partial charge in [0.1, 0.15) is 80.4 Å². The largest absolute Gasteiger partial charge is 0.487 e. The van der Waals surface area contributed by atoms with Gasteiger partial charge in [0.15, 0.2) is 0 Å². The monoisotopic (exact) mass is 2690 g/mol. The van der Waals surface area contributed by atoms with Gasteiger partial charge in [-0.15, -0.1) is 0 Å². The van der Waals surface area contributed by atoms with Gasteiger partial charge in [0.2, 0.25) is 53.7 Å². The standard InChI is InChI=1S/C21H22Br2FNO4.C21H22Br2N2O5.C20H19Br2ClFNO4.C20H19Br2ClN2O5.C20H20Br2FNO4/c1-11(2)20(26)25-15-5-12(3)4-14(6-15)10-29-19-16(22)7-13(8-17(19)23)9-18(24)21(27)28;1-11(2)21(29)25-14-5-12(3)4-13(6-14)10-30-20-16(22)7-15(8-17(20)23)24-18(26)9-19(27)28;1-10(2)19(26)25-14-4-12(3-13(23)8-14)9-29-18-15(21)5-11(6-16(18)22)7-17(24)20(27)28;1-10(2)20(29)25-13-4-11(3-12(23)5-13)9-30-19-15(21)6-14(7-16(19)22)24-17(26)8-18(27)28;1-11(2)20(27)24-15-6-13(5-14(23)9-15)10-28-19-16(21)7-12(8-17(19)22)3-4-18(25)26/h4-8,11,18H,9-10H2,1-3H3,(H,25,26)(H,27,28);4-8,11H,9-10H2,1-3H3,(H,24,26)(H,25,29)(H,27,28);3-6,8,10,17H,7,9H2,1-2H3,(H,25,26)(H,27,28);3-7,10H,8-9H2,1-2H3,(H,24,26)(H,25,29)(H,27,28);5-9,11H,3-4,10H2,1-2H3,(H,24,27)(H,25,26). The number of alkyl halides is 2. The number of aryl methyl sites for hydroxylation is 3. The van der Waals surface area contributed by atoms with Gasteiger partial charge < -0.3 is 86.4 Å². The molecular formula is C102H102Br10Cl2F3N7O22. The average Bonchev–Trinajstić information content (AvgIpc) is 0.836. The van der Waals surface area contributed by atoms with Crippen LogP contribution < -0.4 is 60.9 Å². The summed E-state index contributed by atoms with van der Waals surface area (Å²) >= 11 is 46.3. The molecule has 146 heavy (non-hydrogen) atoms. The molecule has 782 valence electrons. The summed E-state index contributed by atoms with van der Waals surface area (Å²) in [7, 11) is 0. The summed E-state index contributed by atoms with van der Waals surface area (Å²) in [6.45, 7) is 22.8. The van der Waals surface area contributed by atoms with E-state index in [4.69, 9.17) is 72.4 Å². The van der Waals surface area contributed by atoms with Crippen molar-refractivity contribution in [2.45, 2.75) is 167 Å². The lowest BCUT2D eigenvalue weighted by molar-refractivity contribution is -0.143. The number of carbonyl (C=O) groups is 12. The Morgan fingerprint density at radius 3 is 0.760 bits per heavy atom. The molecule has 0 bridgehead atoms. The maximum atomic E-state index is 13.9. The molecule has 7 amide bonds. The number of halogens is 15. The highest BCUT2D eigenvalue weighted by Crippen LogP contribution is 2.43. The molecule has 2 unspecified atom stereocenters. The molecule has 0 saturated heterocycles. The van der Waals surface area contributed by atoms with Crippen molar-refractivity contribution < 1.29 is 120 Å². The SMILES string of the molecule is CC(C)C(=O)Nc1cc(Cl)cc(COc2c(Br)cc(CC(F)C(=O)O)cc2Br)c1.CC(C)C(=O)Nc1cc(Cl)cc(COc2c(Br)cc(NC(=O)CC(=O)O)cc2Br)c1.CC(C)C(=O)Nc1cc(F)cc(COc2c(Br)cc(CCC(=O)O)cc2Br)c1.Cc1cc(COc2c(Br)cc(CC(F)C(=O)O)cc2Br)cc(NC(=O)C(C)C)c1.Cc1cc(COc2c(Br)cc(NC(=O)CC(=O)O)cc2Br)cc(NC(=O)C(C)C)c1. The average molecular weight is 2700 g/mol. The Bertz CT molecular complexity index is 6030. The molecule has 10 aromatic rings. The minimum Gasteiger partial charge on any atom is -0.487 e. The van der Waals surface area contributed by atoms with E-state index >= 15 is 0 Å². The quantitative estimate of drug-likeness (QED) is 0.0159. The van der Waals surface area contributed by atoms with Crippen LogP contribution in [0.25, 0.3) is 0 Å². The van der Waals surface area contributed by atoms with Crippen molar-refractivity contribution in [1.82, 2.24) is 0 Å². The second kappa shape index (κ2) is 60.6. The molecule has 44 heteroatoms. The number of carbonyl (C=O) groups excluding carboxylic acids is 7. The normalized spacial score (nSPS) is 11.2. The zero-order chi connectivity index (χ0) is 109. The van der Waals surface area contributed by atoms with Crippen molar-refractivity contribution in [3.05, 3.63) is 268 Å². The third kappa shape index (κ3) is 44.0. The highest BCUT2D eigenvalue weighted by Gasteiger charge is 2.25. The second-order valence-corrected chi connectivity index (χ2v) is 43.4. The number of hydrogen-bond acceptors (Lipinski definition) is 17. The summed E-state index contributed by atoms with van der Waals surface area (Å²) in [5.41, 5.74) is 11.5. The summed E-state index contributed by atoms with van der Waals surface area (Å²) in [6.07, 6.45) is -5.24. The minimum atomic E-state index is -1.98. The van der Waals surface area contributed by atoms with Gasteiger partial charge in [0.05, 0.1) is 44.7 Å². The van der Waals surface area contributed by atoms with Gasteiger partial charge in [-0.25, -0.2) is 22.8 Å². The van der Waals surface area contributed by atoms with E-state index in [1.807, 2.05) is 77.9 Å². The van der Waals surface area contributed by atoms with Crippen LogP contribution in [-0.4, -0.2) is 109 Å². The van der Waals surface area contributed by atoms with Crippen molar-refractivity contribution in [3.63, 3.8) is 0 Å². The molecule has 0 aliphatic rings. The highest BCUT2D eigenvalue weighted by molar-refractivity contribution is 9.12. The summed E-state index contributed by atoms with van der Waals surface area (Å²) in [5, 5.41) is 63.6. The fourth-order valence-corrected chi connectivity index (χ4v) is 20.2. The Morgan fingerprint density at radius 1 is 0.288 bits per heavy atom. The van der Waals surface area contributed by atoms with Crippen LogP contribution in [0.4, 0.5) is 53.0 Å². The van der Waals surface area contributed by atoms with E-state index in [2.05, 4.69) is 197 Å². The number of benzene rings is 10. The first kappa shape index (κ1) is 125. The van der Waals surface area contributed by atoms with Crippen LogP contribution in [0.1, 0.15) is 144 Å². The molecular weight excluding hydrogens is 2600 g/mol. The third-order valence-electron chi connectivity index (χ3n) is 19.4. The maximum absolute atomic E-state index is 13.9. The number of rotatable bonds is 40. The molecule has 12 N–H and O–H groups in total. The van der Waals surface area contributed by atoms with E-state index in [0.717, 1.165) is 38.9 Å². The number of nitrogens with one attached hydrogen (secondary N) is 7. The zero-order valence-corrected chi connectivity index (χ0v) is 97.5. The van der Waals surface area contributed by atoms with Crippen molar-refractivity contribution in [1.29, 1.82) is 0 Å². The van der Waals surface area contributed by atoms with Crippen LogP contribution in [0.3, 0.4) is 0 Å². The van der Waals surface area contributed by atoms with Crippen LogP contribution >= 0.6 is 183 Å². The smallest absolute Gasteiger partial charge is 0.338 e. The molecule has 0 saturated carbocycles. The van der Waals surface area contributed by atoms with Crippen molar-refractivity contribution in [2.75, 3.05) is 37.2 Å². The van der Waals surface area contributed by atoms with E-state index in [-0.39, 0.29) is 111 Å². The number of hydrogen-bond donors (Lipinski definition) is 12. The number of aliphatic carboxylic acids is 5. The Hall–Kier alpha value is -9.99. The summed E-state index contributed by atoms with van der Waals surface area (Å²) in [5.74, 6) is -6.77. The van der Waals surface area contributed by atoms with E-state index < -0.39 is 72.7 Å². The van der Waals surface area contributed by atoms with E-state index in [1.54, 1.807) is 145 Å². The molecule has 0 aliphatic heterocycles. The summed E-state index contributed by atoms with van der Waals surface area (Å²) in [6, 6.07) is 42.5. The topological polar surface area (TPSA) is 436 Å². The lowest BCUT2D eigenvalue weighted by Crippen LogP contribution is -2.18. The molecule has 10 aromatic carbocycles. The Kier molecular flexibility index (Phi) is 51.8. The lowest BCUT2D eigenvalue weighted by atomic mass is 10.1. The molecule has 2 atom stereocenters. The van der Waals surface area contributed by atoms with E-state index in [9.17, 15) is 70.7 Å². The molecule has 0 aliphatic carbocycles. The number of ether oxygens (including phenoxy) is 5. The predicted octanol–water partition coefficient (Wildman–Crippen LogP) is 27.8. The van der Waals surface area contributed by atoms with Crippen LogP contribution in [0.5, 0.6) is 28.7 Å². The van der Waals surface area contributed by atoms with Crippen molar-refractivity contribution in [3.8, 4) is 28.7 Å². The Balaban J connectivity index is 0.000000279. The lowest BCUT2D eigenvalue weighted by Gasteiger charge is -2.14. The molecule has 10 rings (SSSR count). The first-order valence-electron chi connectivity index (χ1n) is 44.1. The number of amides is 7. The molecule has 0 heterocycles. The van der Waals surface area contributed by atoms with Crippen molar-refractivity contribution >= 4 is 294 Å². The van der Waals surface area contributed by atoms with Gasteiger partial charge in [0.25, 0.3) is 0 Å². The maximum Gasteiger partial charge on any atom is 0.338 e. The molecule has 29 nitrogen and oxygen atoms in total. The van der Waals surface area contributed by atoms with E-state index in [0.29, 0.717) is 146 Å². The number of anilines is 7. The number of carboxylic acids is 5. The van der Waals surface area contributed by atoms with Gasteiger partial charge in [-0.1, -0.05) is 105 Å². The zero-order valence-electron chi connectivity index (χ0n) is 80.1. The van der Waals surface area contributed by atoms with Gasteiger partial charge in [-0.05, 0) is 375 Å².